The van der Waals surface area contributed by atoms with Crippen molar-refractivity contribution in [3.8, 4) is 28.3 Å². The number of alkyl halides is 3. The largest absolute Gasteiger partial charge is 0.496 e. The standard InChI is InChI=1S/C28H21F3N4O2/c1-37-25-13-6-5-12-21(25)23-15-24(27(36)32-17-18-8-7-11-20(14-18)28(29,30)31)35-26(33-23)16-22(34-35)19-9-3-2-4-10-19/h2-16H,17H2,1H3,(H,32,36). The Morgan fingerprint density at radius 3 is 2.43 bits per heavy atom. The van der Waals surface area contributed by atoms with Crippen LogP contribution in [0.4, 0.5) is 13.2 Å². The zero-order valence-electron chi connectivity index (χ0n) is 19.7. The number of hydrogen-bond donors (Lipinski definition) is 1. The van der Waals surface area contributed by atoms with E-state index >= 15 is 0 Å². The Hall–Kier alpha value is -4.66. The molecule has 0 radical (unpaired) electrons. The van der Waals surface area contributed by atoms with Gasteiger partial charge in [0.05, 0.1) is 24.1 Å². The Balaban J connectivity index is 1.55. The van der Waals surface area contributed by atoms with Gasteiger partial charge in [0.25, 0.3) is 5.91 Å². The summed E-state index contributed by atoms with van der Waals surface area (Å²) in [6.07, 6.45) is -4.47. The summed E-state index contributed by atoms with van der Waals surface area (Å²) >= 11 is 0. The van der Waals surface area contributed by atoms with Gasteiger partial charge in [-0.2, -0.15) is 18.3 Å². The third-order valence-electron chi connectivity index (χ3n) is 5.82. The van der Waals surface area contributed by atoms with E-state index in [1.807, 2.05) is 48.5 Å². The number of nitrogens with one attached hydrogen (secondary N) is 1. The molecule has 0 spiro atoms. The number of carbonyl (C=O) groups is 1. The van der Waals surface area contributed by atoms with Crippen LogP contribution in [-0.4, -0.2) is 27.6 Å². The van der Waals surface area contributed by atoms with E-state index in [4.69, 9.17) is 9.72 Å². The molecule has 0 saturated heterocycles. The van der Waals surface area contributed by atoms with E-state index in [0.717, 1.165) is 17.7 Å². The summed E-state index contributed by atoms with van der Waals surface area (Å²) in [4.78, 5) is 18.1. The van der Waals surface area contributed by atoms with E-state index in [0.29, 0.717) is 33.9 Å². The number of para-hydroxylation sites is 1. The van der Waals surface area contributed by atoms with Gasteiger partial charge in [-0.1, -0.05) is 54.6 Å². The van der Waals surface area contributed by atoms with Gasteiger partial charge >= 0.3 is 6.18 Å². The minimum atomic E-state index is -4.47. The molecular formula is C28H21F3N4O2. The molecule has 0 saturated carbocycles. The van der Waals surface area contributed by atoms with Crippen LogP contribution in [-0.2, 0) is 12.7 Å². The molecule has 0 aliphatic carbocycles. The first-order valence-electron chi connectivity index (χ1n) is 11.4. The van der Waals surface area contributed by atoms with Crippen molar-refractivity contribution in [3.63, 3.8) is 0 Å². The molecule has 2 aromatic heterocycles. The average Bonchev–Trinajstić information content (AvgIpc) is 3.36. The molecule has 0 aliphatic heterocycles. The molecule has 0 fully saturated rings. The van der Waals surface area contributed by atoms with Crippen LogP contribution < -0.4 is 10.1 Å². The fraction of sp³-hybridized carbons (Fsp3) is 0.107. The number of rotatable bonds is 6. The highest BCUT2D eigenvalue weighted by molar-refractivity contribution is 5.94. The van der Waals surface area contributed by atoms with E-state index in [-0.39, 0.29) is 12.2 Å². The maximum atomic E-state index is 13.3. The van der Waals surface area contributed by atoms with Crippen LogP contribution in [0.3, 0.4) is 0 Å². The minimum absolute atomic E-state index is 0.0939. The third-order valence-corrected chi connectivity index (χ3v) is 5.82. The lowest BCUT2D eigenvalue weighted by atomic mass is 10.1. The number of nitrogens with zero attached hydrogens (tertiary/aromatic N) is 3. The van der Waals surface area contributed by atoms with Gasteiger partial charge < -0.3 is 10.1 Å². The number of ether oxygens (including phenoxy) is 1. The highest BCUT2D eigenvalue weighted by Crippen LogP contribution is 2.31. The van der Waals surface area contributed by atoms with Crippen LogP contribution in [0.1, 0.15) is 21.6 Å². The molecule has 1 amide bonds. The zero-order chi connectivity index (χ0) is 26.0. The predicted molar refractivity (Wildman–Crippen MR) is 133 cm³/mol. The molecule has 5 rings (SSSR count). The third kappa shape index (κ3) is 5.02. The van der Waals surface area contributed by atoms with Gasteiger partial charge in [-0.15, -0.1) is 0 Å². The SMILES string of the molecule is COc1ccccc1-c1cc(C(=O)NCc2cccc(C(F)(F)F)c2)n2nc(-c3ccccc3)cc2n1. The number of carbonyl (C=O) groups excluding carboxylic acids is 1. The van der Waals surface area contributed by atoms with Crippen LogP contribution in [0.15, 0.2) is 91.0 Å². The molecule has 0 aliphatic rings. The summed E-state index contributed by atoms with van der Waals surface area (Å²) in [6, 6.07) is 25.0. The summed E-state index contributed by atoms with van der Waals surface area (Å²) in [5, 5.41) is 7.31. The molecule has 9 heteroatoms. The van der Waals surface area contributed by atoms with Gasteiger partial charge in [0, 0.05) is 23.7 Å². The van der Waals surface area contributed by atoms with Gasteiger partial charge in [-0.3, -0.25) is 4.79 Å². The maximum Gasteiger partial charge on any atom is 0.416 e. The lowest BCUT2D eigenvalue weighted by Crippen LogP contribution is -2.26. The molecule has 5 aromatic rings. The first-order chi connectivity index (χ1) is 17.8. The number of hydrogen-bond acceptors (Lipinski definition) is 4. The summed E-state index contributed by atoms with van der Waals surface area (Å²) in [5.41, 5.74) is 2.81. The van der Waals surface area contributed by atoms with Crippen LogP contribution in [0.2, 0.25) is 0 Å². The summed E-state index contributed by atoms with van der Waals surface area (Å²) < 4.78 is 46.2. The van der Waals surface area contributed by atoms with Crippen molar-refractivity contribution in [1.29, 1.82) is 0 Å². The van der Waals surface area contributed by atoms with Crippen molar-refractivity contribution in [2.75, 3.05) is 7.11 Å². The molecular weight excluding hydrogens is 481 g/mol. The first-order valence-corrected chi connectivity index (χ1v) is 11.4. The fourth-order valence-corrected chi connectivity index (χ4v) is 4.01. The highest BCUT2D eigenvalue weighted by Gasteiger charge is 2.30. The normalized spacial score (nSPS) is 11.5. The maximum absolute atomic E-state index is 13.3. The smallest absolute Gasteiger partial charge is 0.416 e. The monoisotopic (exact) mass is 502 g/mol. The quantitative estimate of drug-likeness (QED) is 0.308. The Morgan fingerprint density at radius 2 is 1.68 bits per heavy atom. The molecule has 3 aromatic carbocycles. The Kier molecular flexibility index (Phi) is 6.35. The van der Waals surface area contributed by atoms with Crippen molar-refractivity contribution in [3.05, 3.63) is 108 Å². The fourth-order valence-electron chi connectivity index (χ4n) is 4.01. The van der Waals surface area contributed by atoms with Gasteiger partial charge in [-0.05, 0) is 35.9 Å². The van der Waals surface area contributed by atoms with E-state index in [1.54, 1.807) is 25.3 Å². The van der Waals surface area contributed by atoms with Crippen molar-refractivity contribution in [2.45, 2.75) is 12.7 Å². The summed E-state index contributed by atoms with van der Waals surface area (Å²) in [7, 11) is 1.55. The van der Waals surface area contributed by atoms with Crippen LogP contribution in [0, 0.1) is 0 Å². The molecule has 1 N–H and O–H groups in total. The number of benzene rings is 3. The zero-order valence-corrected chi connectivity index (χ0v) is 19.7. The lowest BCUT2D eigenvalue weighted by molar-refractivity contribution is -0.137. The predicted octanol–water partition coefficient (Wildman–Crippen LogP) is 6.02. The number of methoxy groups -OCH3 is 1. The van der Waals surface area contributed by atoms with Crippen LogP contribution in [0.25, 0.3) is 28.2 Å². The Bertz CT molecular complexity index is 1580. The average molecular weight is 502 g/mol. The molecule has 2 heterocycles. The summed E-state index contributed by atoms with van der Waals surface area (Å²) in [5.74, 6) is 0.0705. The second kappa shape index (κ2) is 9.77. The number of fused-ring (bicyclic) bond motifs is 1. The highest BCUT2D eigenvalue weighted by atomic mass is 19.4. The molecule has 37 heavy (non-hydrogen) atoms. The van der Waals surface area contributed by atoms with Crippen molar-refractivity contribution < 1.29 is 22.7 Å². The lowest BCUT2D eigenvalue weighted by Gasteiger charge is -2.12. The molecule has 186 valence electrons. The van der Waals surface area contributed by atoms with E-state index < -0.39 is 17.6 Å². The number of amides is 1. The first kappa shape index (κ1) is 24.1. The van der Waals surface area contributed by atoms with Crippen molar-refractivity contribution in [1.82, 2.24) is 19.9 Å². The number of aromatic nitrogens is 3. The molecule has 0 unspecified atom stereocenters. The Labute approximate surface area is 210 Å². The van der Waals surface area contributed by atoms with Crippen LogP contribution in [0.5, 0.6) is 5.75 Å². The summed E-state index contributed by atoms with van der Waals surface area (Å²) in [6.45, 7) is -0.0939. The Morgan fingerprint density at radius 1 is 0.919 bits per heavy atom. The molecule has 6 nitrogen and oxygen atoms in total. The van der Waals surface area contributed by atoms with E-state index in [2.05, 4.69) is 10.4 Å². The topological polar surface area (TPSA) is 68.5 Å². The molecule has 0 atom stereocenters. The van der Waals surface area contributed by atoms with Gasteiger partial charge in [-0.25, -0.2) is 9.50 Å². The molecule has 0 bridgehead atoms. The van der Waals surface area contributed by atoms with Crippen molar-refractivity contribution in [2.24, 2.45) is 0 Å². The second-order valence-corrected chi connectivity index (χ2v) is 8.27. The van der Waals surface area contributed by atoms with E-state index in [1.165, 1.54) is 16.6 Å². The van der Waals surface area contributed by atoms with Crippen LogP contribution >= 0.6 is 0 Å². The minimum Gasteiger partial charge on any atom is -0.496 e. The van der Waals surface area contributed by atoms with Gasteiger partial charge in [0.1, 0.15) is 11.4 Å². The van der Waals surface area contributed by atoms with Crippen molar-refractivity contribution >= 4 is 11.6 Å². The second-order valence-electron chi connectivity index (χ2n) is 8.27. The number of halogens is 3. The van der Waals surface area contributed by atoms with Gasteiger partial charge in [0.15, 0.2) is 5.65 Å². The van der Waals surface area contributed by atoms with Gasteiger partial charge in [0.2, 0.25) is 0 Å². The van der Waals surface area contributed by atoms with E-state index in [9.17, 15) is 18.0 Å².